The van der Waals surface area contributed by atoms with Crippen LogP contribution in [0.25, 0.3) is 0 Å². The van der Waals surface area contributed by atoms with Gasteiger partial charge in [-0.3, -0.25) is 9.59 Å². The van der Waals surface area contributed by atoms with Crippen molar-refractivity contribution in [2.75, 3.05) is 17.3 Å². The standard InChI is InChI=1S/C21H21BrF4N2O4S/c1-11-9-13(18(23)21(24,25)26)7-8-16(11)28-19(29)14-5-4-6-15(22)17(14)20(30)27-12(2)10-33(3,31)32/h4-9,12,18H,10H2,1-3H3,(H,27,30)(H,28,29). The number of sulfone groups is 1. The quantitative estimate of drug-likeness (QED) is 0.485. The maximum absolute atomic E-state index is 13.6. The average molecular weight is 553 g/mol. The van der Waals surface area contributed by atoms with E-state index in [1.165, 1.54) is 32.0 Å². The molecule has 6 nitrogen and oxygen atoms in total. The Labute approximate surface area is 196 Å². The van der Waals surface area contributed by atoms with Crippen molar-refractivity contribution in [3.63, 3.8) is 0 Å². The molecule has 180 valence electrons. The first-order chi connectivity index (χ1) is 15.1. The van der Waals surface area contributed by atoms with Gasteiger partial charge in [0.25, 0.3) is 11.8 Å². The highest BCUT2D eigenvalue weighted by atomic mass is 79.9. The Morgan fingerprint density at radius 2 is 1.76 bits per heavy atom. The summed E-state index contributed by atoms with van der Waals surface area (Å²) in [6.07, 6.45) is -7.18. The van der Waals surface area contributed by atoms with Gasteiger partial charge in [0.2, 0.25) is 6.17 Å². The van der Waals surface area contributed by atoms with E-state index in [-0.39, 0.29) is 32.6 Å². The fourth-order valence-electron chi connectivity index (χ4n) is 3.10. The van der Waals surface area contributed by atoms with Crippen LogP contribution in [-0.2, 0) is 9.84 Å². The first-order valence-corrected chi connectivity index (χ1v) is 12.3. The van der Waals surface area contributed by atoms with Crippen molar-refractivity contribution in [2.45, 2.75) is 32.2 Å². The van der Waals surface area contributed by atoms with E-state index >= 15 is 0 Å². The lowest BCUT2D eigenvalue weighted by molar-refractivity contribution is -0.182. The lowest BCUT2D eigenvalue weighted by Crippen LogP contribution is -2.38. The minimum absolute atomic E-state index is 0.0504. The van der Waals surface area contributed by atoms with Gasteiger partial charge in [0.05, 0.1) is 16.9 Å². The van der Waals surface area contributed by atoms with Gasteiger partial charge in [-0.2, -0.15) is 13.2 Å². The summed E-state index contributed by atoms with van der Waals surface area (Å²) in [5.41, 5.74) is -0.383. The Kier molecular flexibility index (Phi) is 8.28. The molecule has 2 rings (SSSR count). The van der Waals surface area contributed by atoms with Crippen molar-refractivity contribution in [1.29, 1.82) is 0 Å². The number of amides is 2. The molecule has 0 aromatic heterocycles. The number of hydrogen-bond acceptors (Lipinski definition) is 4. The molecule has 12 heteroatoms. The molecule has 2 N–H and O–H groups in total. The number of hydrogen-bond donors (Lipinski definition) is 2. The zero-order valence-corrected chi connectivity index (χ0v) is 20.2. The summed E-state index contributed by atoms with van der Waals surface area (Å²) in [6.45, 7) is 2.91. The van der Waals surface area contributed by atoms with Crippen LogP contribution in [0.2, 0.25) is 0 Å². The molecule has 2 amide bonds. The average Bonchev–Trinajstić information content (AvgIpc) is 2.66. The van der Waals surface area contributed by atoms with Gasteiger partial charge in [-0.15, -0.1) is 0 Å². The molecule has 0 aliphatic carbocycles. The lowest BCUT2D eigenvalue weighted by atomic mass is 10.0. The number of aryl methyl sites for hydroxylation is 1. The number of benzene rings is 2. The summed E-state index contributed by atoms with van der Waals surface area (Å²) in [5, 5.41) is 5.03. The summed E-state index contributed by atoms with van der Waals surface area (Å²) in [7, 11) is -3.36. The van der Waals surface area contributed by atoms with E-state index in [4.69, 9.17) is 0 Å². The summed E-state index contributed by atoms with van der Waals surface area (Å²) < 4.78 is 74.6. The largest absolute Gasteiger partial charge is 0.423 e. The van der Waals surface area contributed by atoms with E-state index in [9.17, 15) is 35.6 Å². The van der Waals surface area contributed by atoms with Gasteiger partial charge in [0.1, 0.15) is 9.84 Å². The van der Waals surface area contributed by atoms with Crippen LogP contribution in [-0.4, -0.2) is 44.5 Å². The van der Waals surface area contributed by atoms with Crippen LogP contribution in [0, 0.1) is 6.92 Å². The van der Waals surface area contributed by atoms with Crippen LogP contribution in [0.15, 0.2) is 40.9 Å². The molecule has 0 saturated heterocycles. The van der Waals surface area contributed by atoms with Gasteiger partial charge in [0.15, 0.2) is 0 Å². The van der Waals surface area contributed by atoms with Crippen LogP contribution in [0.3, 0.4) is 0 Å². The Hall–Kier alpha value is -2.47. The molecule has 2 aromatic rings. The van der Waals surface area contributed by atoms with Crippen molar-refractivity contribution in [1.82, 2.24) is 5.32 Å². The van der Waals surface area contributed by atoms with E-state index < -0.39 is 45.6 Å². The molecular formula is C21H21BrF4N2O4S. The number of rotatable bonds is 7. The molecule has 2 aromatic carbocycles. The number of alkyl halides is 4. The minimum atomic E-state index is -5.05. The number of anilines is 1. The van der Waals surface area contributed by atoms with Gasteiger partial charge < -0.3 is 10.6 Å². The third kappa shape index (κ3) is 7.26. The van der Waals surface area contributed by atoms with E-state index in [1.54, 1.807) is 0 Å². The summed E-state index contributed by atoms with van der Waals surface area (Å²) in [5.74, 6) is -1.73. The third-order valence-electron chi connectivity index (χ3n) is 4.49. The number of carbonyl (C=O) groups excluding carboxylic acids is 2. The van der Waals surface area contributed by atoms with Crippen molar-refractivity contribution in [3.8, 4) is 0 Å². The highest BCUT2D eigenvalue weighted by molar-refractivity contribution is 9.10. The fourth-order valence-corrected chi connectivity index (χ4v) is 4.64. The Morgan fingerprint density at radius 1 is 1.12 bits per heavy atom. The van der Waals surface area contributed by atoms with Gasteiger partial charge in [-0.25, -0.2) is 12.8 Å². The van der Waals surface area contributed by atoms with Gasteiger partial charge in [-0.1, -0.05) is 18.2 Å². The summed E-state index contributed by atoms with van der Waals surface area (Å²) in [6, 6.07) is 6.70. The second-order valence-electron chi connectivity index (χ2n) is 7.56. The van der Waals surface area contributed by atoms with Crippen molar-refractivity contribution >= 4 is 43.3 Å². The topological polar surface area (TPSA) is 92.3 Å². The molecule has 0 heterocycles. The zero-order valence-electron chi connectivity index (χ0n) is 17.8. The van der Waals surface area contributed by atoms with Crippen molar-refractivity contribution in [2.24, 2.45) is 0 Å². The number of carbonyl (C=O) groups is 2. The molecule has 0 fully saturated rings. The van der Waals surface area contributed by atoms with Crippen LogP contribution in [0.1, 0.15) is 44.9 Å². The third-order valence-corrected chi connectivity index (χ3v) is 6.26. The Morgan fingerprint density at radius 3 is 2.30 bits per heavy atom. The SMILES string of the molecule is Cc1cc(C(F)C(F)(F)F)ccc1NC(=O)c1cccc(Br)c1C(=O)NC(C)CS(C)(=O)=O. The Bertz CT molecular complexity index is 1170. The summed E-state index contributed by atoms with van der Waals surface area (Å²) >= 11 is 3.20. The molecule has 33 heavy (non-hydrogen) atoms. The smallest absolute Gasteiger partial charge is 0.349 e. The minimum Gasteiger partial charge on any atom is -0.349 e. The van der Waals surface area contributed by atoms with Crippen LogP contribution in [0.5, 0.6) is 0 Å². The zero-order chi connectivity index (χ0) is 25.1. The fraction of sp³-hybridized carbons (Fsp3) is 0.333. The van der Waals surface area contributed by atoms with Gasteiger partial charge in [-0.05, 0) is 59.1 Å². The molecule has 0 radical (unpaired) electrons. The predicted octanol–water partition coefficient (Wildman–Crippen LogP) is 4.75. The van der Waals surface area contributed by atoms with Crippen molar-refractivity contribution in [3.05, 3.63) is 63.1 Å². The molecule has 0 spiro atoms. The molecule has 0 aliphatic rings. The highest BCUT2D eigenvalue weighted by Crippen LogP contribution is 2.37. The normalized spacial score (nSPS) is 13.8. The van der Waals surface area contributed by atoms with Crippen LogP contribution in [0.4, 0.5) is 23.2 Å². The Balaban J connectivity index is 2.29. The van der Waals surface area contributed by atoms with E-state index in [2.05, 4.69) is 26.6 Å². The van der Waals surface area contributed by atoms with E-state index in [1.807, 2.05) is 0 Å². The van der Waals surface area contributed by atoms with E-state index in [0.717, 1.165) is 24.5 Å². The second-order valence-corrected chi connectivity index (χ2v) is 10.6. The molecule has 2 unspecified atom stereocenters. The van der Waals surface area contributed by atoms with Crippen molar-refractivity contribution < 1.29 is 35.6 Å². The molecule has 0 bridgehead atoms. The molecule has 0 aliphatic heterocycles. The first kappa shape index (κ1) is 26.8. The monoisotopic (exact) mass is 552 g/mol. The van der Waals surface area contributed by atoms with Crippen LogP contribution >= 0.6 is 15.9 Å². The van der Waals surface area contributed by atoms with Gasteiger partial charge in [0, 0.05) is 22.5 Å². The molecule has 0 saturated carbocycles. The number of halogens is 5. The molecular weight excluding hydrogens is 532 g/mol. The number of nitrogens with one attached hydrogen (secondary N) is 2. The lowest BCUT2D eigenvalue weighted by Gasteiger charge is -2.17. The predicted molar refractivity (Wildman–Crippen MR) is 120 cm³/mol. The van der Waals surface area contributed by atoms with Crippen LogP contribution < -0.4 is 10.6 Å². The summed E-state index contributed by atoms with van der Waals surface area (Å²) in [4.78, 5) is 25.6. The highest BCUT2D eigenvalue weighted by Gasteiger charge is 2.41. The second kappa shape index (κ2) is 10.2. The maximum Gasteiger partial charge on any atom is 0.423 e. The molecule has 2 atom stereocenters. The first-order valence-electron chi connectivity index (χ1n) is 9.50. The maximum atomic E-state index is 13.6. The van der Waals surface area contributed by atoms with E-state index in [0.29, 0.717) is 0 Å². The van der Waals surface area contributed by atoms with Gasteiger partial charge >= 0.3 is 6.18 Å².